The van der Waals surface area contributed by atoms with E-state index in [1.165, 1.54) is 19.2 Å². The van der Waals surface area contributed by atoms with E-state index in [0.29, 0.717) is 11.1 Å². The number of carbonyl (C=O) groups is 2. The first-order chi connectivity index (χ1) is 10.6. The lowest BCUT2D eigenvalue weighted by atomic mass is 9.95. The molecule has 0 bridgehead atoms. The lowest BCUT2D eigenvalue weighted by Crippen LogP contribution is -2.21. The zero-order chi connectivity index (χ0) is 15.7. The highest BCUT2D eigenvalue weighted by molar-refractivity contribution is 6.00. The predicted octanol–water partition coefficient (Wildman–Crippen LogP) is 3.32. The van der Waals surface area contributed by atoms with Crippen molar-refractivity contribution in [3.05, 3.63) is 65.0 Å². The Bertz CT molecular complexity index is 754. The molecule has 1 atom stereocenters. The van der Waals surface area contributed by atoms with E-state index in [-0.39, 0.29) is 23.5 Å². The Balaban J connectivity index is 1.96. The number of Topliss-reactive ketones (excluding diaryl/α,β-unsaturated/α-hetero) is 1. The highest BCUT2D eigenvalue weighted by atomic mass is 19.1. The van der Waals surface area contributed by atoms with Gasteiger partial charge in [-0.3, -0.25) is 4.79 Å². The molecule has 3 rings (SSSR count). The lowest BCUT2D eigenvalue weighted by molar-refractivity contribution is 0.0600. The summed E-state index contributed by atoms with van der Waals surface area (Å²) in [5, 5.41) is 0. The summed E-state index contributed by atoms with van der Waals surface area (Å²) < 4.78 is 24.2. The molecule has 5 heteroatoms. The van der Waals surface area contributed by atoms with Gasteiger partial charge in [0.1, 0.15) is 6.10 Å². The number of esters is 1. The smallest absolute Gasteiger partial charge is 0.337 e. The summed E-state index contributed by atoms with van der Waals surface area (Å²) in [5.74, 6) is -1.27. The number of benzene rings is 2. The van der Waals surface area contributed by atoms with Crippen LogP contribution in [0.4, 0.5) is 4.39 Å². The van der Waals surface area contributed by atoms with Gasteiger partial charge in [-0.25, -0.2) is 9.18 Å². The minimum atomic E-state index is -0.624. The Morgan fingerprint density at radius 2 is 2.05 bits per heavy atom. The van der Waals surface area contributed by atoms with Gasteiger partial charge in [0.05, 0.1) is 24.7 Å². The molecule has 1 aliphatic rings. The van der Waals surface area contributed by atoms with Crippen LogP contribution in [0, 0.1) is 5.82 Å². The summed E-state index contributed by atoms with van der Waals surface area (Å²) in [5.41, 5.74) is 1.24. The number of ketones is 1. The standard InChI is InChI=1S/C17H13FO4/c1-21-17(20)11-5-2-4-10(8-11)15-9-14(19)12-6-3-7-13(18)16(12)22-15/h2-8,15H,9H2,1H3/t15-/m1/s1. The van der Waals surface area contributed by atoms with Gasteiger partial charge in [-0.1, -0.05) is 18.2 Å². The minimum Gasteiger partial charge on any atom is -0.481 e. The molecule has 4 nitrogen and oxygen atoms in total. The van der Waals surface area contributed by atoms with Gasteiger partial charge in [-0.15, -0.1) is 0 Å². The average molecular weight is 300 g/mol. The van der Waals surface area contributed by atoms with Gasteiger partial charge >= 0.3 is 5.97 Å². The Labute approximate surface area is 126 Å². The Kier molecular flexibility index (Phi) is 3.63. The number of rotatable bonds is 2. The molecule has 0 amide bonds. The third kappa shape index (κ3) is 2.45. The molecule has 22 heavy (non-hydrogen) atoms. The molecule has 0 fully saturated rings. The number of ether oxygens (including phenoxy) is 2. The van der Waals surface area contributed by atoms with E-state index < -0.39 is 17.9 Å². The number of para-hydroxylation sites is 1. The summed E-state index contributed by atoms with van der Waals surface area (Å²) >= 11 is 0. The van der Waals surface area contributed by atoms with E-state index >= 15 is 0 Å². The van der Waals surface area contributed by atoms with E-state index in [0.717, 1.165) is 0 Å². The van der Waals surface area contributed by atoms with Gasteiger partial charge in [0, 0.05) is 0 Å². The summed E-state index contributed by atoms with van der Waals surface area (Å²) in [6.45, 7) is 0. The normalized spacial score (nSPS) is 16.6. The van der Waals surface area contributed by atoms with Crippen LogP contribution >= 0.6 is 0 Å². The van der Waals surface area contributed by atoms with Gasteiger partial charge in [0.25, 0.3) is 0 Å². The van der Waals surface area contributed by atoms with Crippen molar-refractivity contribution < 1.29 is 23.5 Å². The fourth-order valence-corrected chi connectivity index (χ4v) is 2.48. The Morgan fingerprint density at radius 1 is 1.27 bits per heavy atom. The van der Waals surface area contributed by atoms with Crippen LogP contribution in [-0.4, -0.2) is 18.9 Å². The van der Waals surface area contributed by atoms with Gasteiger partial charge in [-0.05, 0) is 29.8 Å². The van der Waals surface area contributed by atoms with Crippen molar-refractivity contribution in [3.8, 4) is 5.75 Å². The third-order valence-electron chi connectivity index (χ3n) is 3.58. The molecule has 0 spiro atoms. The second-order valence-electron chi connectivity index (χ2n) is 4.97. The third-order valence-corrected chi connectivity index (χ3v) is 3.58. The topological polar surface area (TPSA) is 52.6 Å². The maximum Gasteiger partial charge on any atom is 0.337 e. The average Bonchev–Trinajstić information content (AvgIpc) is 2.55. The Morgan fingerprint density at radius 3 is 2.82 bits per heavy atom. The zero-order valence-electron chi connectivity index (χ0n) is 11.8. The molecule has 2 aromatic rings. The largest absolute Gasteiger partial charge is 0.481 e. The molecule has 1 aliphatic heterocycles. The molecule has 1 heterocycles. The predicted molar refractivity (Wildman–Crippen MR) is 76.5 cm³/mol. The SMILES string of the molecule is COC(=O)c1cccc([C@H]2CC(=O)c3cccc(F)c3O2)c1. The van der Waals surface area contributed by atoms with Crippen molar-refractivity contribution in [1.29, 1.82) is 0 Å². The molecule has 112 valence electrons. The van der Waals surface area contributed by atoms with Gasteiger partial charge in [-0.2, -0.15) is 0 Å². The molecular weight excluding hydrogens is 287 g/mol. The van der Waals surface area contributed by atoms with Crippen LogP contribution in [-0.2, 0) is 4.74 Å². The quantitative estimate of drug-likeness (QED) is 0.798. The van der Waals surface area contributed by atoms with E-state index in [2.05, 4.69) is 4.74 Å². The highest BCUT2D eigenvalue weighted by Gasteiger charge is 2.30. The van der Waals surface area contributed by atoms with Crippen molar-refractivity contribution >= 4 is 11.8 Å². The van der Waals surface area contributed by atoms with Crippen LogP contribution in [0.25, 0.3) is 0 Å². The van der Waals surface area contributed by atoms with Crippen molar-refractivity contribution in [2.45, 2.75) is 12.5 Å². The first-order valence-electron chi connectivity index (χ1n) is 6.77. The van der Waals surface area contributed by atoms with Crippen molar-refractivity contribution in [1.82, 2.24) is 0 Å². The van der Waals surface area contributed by atoms with Gasteiger partial charge < -0.3 is 9.47 Å². The second kappa shape index (κ2) is 5.60. The number of halogens is 1. The summed E-state index contributed by atoms with van der Waals surface area (Å²) in [6.07, 6.45) is -0.525. The summed E-state index contributed by atoms with van der Waals surface area (Å²) in [7, 11) is 1.29. The van der Waals surface area contributed by atoms with Crippen LogP contribution in [0.3, 0.4) is 0 Å². The second-order valence-corrected chi connectivity index (χ2v) is 4.97. The molecule has 0 saturated carbocycles. The van der Waals surface area contributed by atoms with E-state index in [1.807, 2.05) is 0 Å². The van der Waals surface area contributed by atoms with Crippen molar-refractivity contribution in [2.75, 3.05) is 7.11 Å². The molecule has 0 unspecified atom stereocenters. The molecule has 0 N–H and O–H groups in total. The van der Waals surface area contributed by atoms with Crippen LogP contribution in [0.5, 0.6) is 5.75 Å². The molecular formula is C17H13FO4. The van der Waals surface area contributed by atoms with E-state index in [4.69, 9.17) is 4.74 Å². The number of methoxy groups -OCH3 is 1. The molecule has 2 aromatic carbocycles. The van der Waals surface area contributed by atoms with Crippen LogP contribution in [0.15, 0.2) is 42.5 Å². The number of carbonyl (C=O) groups excluding carboxylic acids is 2. The molecule has 0 aromatic heterocycles. The molecule has 0 aliphatic carbocycles. The fourth-order valence-electron chi connectivity index (χ4n) is 2.48. The highest BCUT2D eigenvalue weighted by Crippen LogP contribution is 2.36. The summed E-state index contributed by atoms with van der Waals surface area (Å²) in [4.78, 5) is 23.7. The van der Waals surface area contributed by atoms with Crippen LogP contribution < -0.4 is 4.74 Å². The first kappa shape index (κ1) is 14.3. The lowest BCUT2D eigenvalue weighted by Gasteiger charge is -2.26. The maximum atomic E-state index is 13.8. The van der Waals surface area contributed by atoms with E-state index in [9.17, 15) is 14.0 Å². The minimum absolute atomic E-state index is 0.0350. The summed E-state index contributed by atoms with van der Waals surface area (Å²) in [6, 6.07) is 10.9. The van der Waals surface area contributed by atoms with Crippen molar-refractivity contribution in [2.24, 2.45) is 0 Å². The zero-order valence-corrected chi connectivity index (χ0v) is 11.8. The number of hydrogen-bond acceptors (Lipinski definition) is 4. The number of fused-ring (bicyclic) bond motifs is 1. The molecule has 0 radical (unpaired) electrons. The van der Waals surface area contributed by atoms with E-state index in [1.54, 1.807) is 30.3 Å². The molecule has 0 saturated heterocycles. The van der Waals surface area contributed by atoms with Crippen LogP contribution in [0.1, 0.15) is 38.8 Å². The fraction of sp³-hybridized carbons (Fsp3) is 0.176. The van der Waals surface area contributed by atoms with Crippen LogP contribution in [0.2, 0.25) is 0 Å². The first-order valence-corrected chi connectivity index (χ1v) is 6.77. The van der Waals surface area contributed by atoms with Gasteiger partial charge in [0.15, 0.2) is 17.3 Å². The monoisotopic (exact) mass is 300 g/mol. The van der Waals surface area contributed by atoms with Crippen molar-refractivity contribution in [3.63, 3.8) is 0 Å². The number of hydrogen-bond donors (Lipinski definition) is 0. The van der Waals surface area contributed by atoms with Gasteiger partial charge in [0.2, 0.25) is 0 Å². The maximum absolute atomic E-state index is 13.8. The Hall–Kier alpha value is -2.69.